The van der Waals surface area contributed by atoms with Crippen molar-refractivity contribution in [3.05, 3.63) is 46.6 Å². The molecule has 9 nitrogen and oxygen atoms in total. The summed E-state index contributed by atoms with van der Waals surface area (Å²) in [6.07, 6.45) is 5.12. The van der Waals surface area contributed by atoms with E-state index in [1.165, 1.54) is 10.9 Å². The molecule has 154 valence electrons. The van der Waals surface area contributed by atoms with Crippen molar-refractivity contribution < 1.29 is 4.79 Å². The van der Waals surface area contributed by atoms with Gasteiger partial charge in [0.25, 0.3) is 11.5 Å². The molecule has 5 rings (SSSR count). The Morgan fingerprint density at radius 2 is 2.10 bits per heavy atom. The van der Waals surface area contributed by atoms with Crippen LogP contribution in [0.2, 0.25) is 0 Å². The minimum absolute atomic E-state index is 0.134. The number of carbonyl (C=O) groups is 1. The Morgan fingerprint density at radius 1 is 1.23 bits per heavy atom. The first-order chi connectivity index (χ1) is 14.6. The van der Waals surface area contributed by atoms with Gasteiger partial charge >= 0.3 is 0 Å². The van der Waals surface area contributed by atoms with Crippen LogP contribution in [0.5, 0.6) is 0 Å². The number of amides is 1. The van der Waals surface area contributed by atoms with Crippen LogP contribution in [-0.2, 0) is 7.05 Å². The molecule has 2 aromatic heterocycles. The van der Waals surface area contributed by atoms with E-state index in [9.17, 15) is 9.59 Å². The van der Waals surface area contributed by atoms with E-state index in [0.29, 0.717) is 47.0 Å². The van der Waals surface area contributed by atoms with Crippen molar-refractivity contribution in [1.82, 2.24) is 19.5 Å². The summed E-state index contributed by atoms with van der Waals surface area (Å²) < 4.78 is 1.44. The molecular formula is C21H23N7O2. The van der Waals surface area contributed by atoms with E-state index in [1.54, 1.807) is 30.3 Å². The Bertz CT molecular complexity index is 1210. The SMILES string of the molecule is CCNc1ncc2c(n1)N1CCC[C@H]1CN(c1cccc3c(=O)n(C)cnc13)C2=O. The van der Waals surface area contributed by atoms with Crippen LogP contribution < -0.4 is 20.7 Å². The quantitative estimate of drug-likeness (QED) is 0.710. The van der Waals surface area contributed by atoms with E-state index in [-0.39, 0.29) is 17.5 Å². The Kier molecular flexibility index (Phi) is 4.38. The largest absolute Gasteiger partial charge is 0.354 e. The van der Waals surface area contributed by atoms with Gasteiger partial charge in [0.2, 0.25) is 5.95 Å². The van der Waals surface area contributed by atoms with Crippen LogP contribution in [0.3, 0.4) is 0 Å². The summed E-state index contributed by atoms with van der Waals surface area (Å²) in [6, 6.07) is 5.56. The molecule has 0 spiro atoms. The van der Waals surface area contributed by atoms with Gasteiger partial charge in [-0.1, -0.05) is 6.07 Å². The van der Waals surface area contributed by atoms with E-state index in [0.717, 1.165) is 19.4 Å². The average molecular weight is 405 g/mol. The number of rotatable bonds is 3. The van der Waals surface area contributed by atoms with Gasteiger partial charge in [-0.2, -0.15) is 4.98 Å². The smallest absolute Gasteiger partial charge is 0.263 e. The number of para-hydroxylation sites is 1. The number of anilines is 3. The number of fused-ring (bicyclic) bond motifs is 4. The normalized spacial score (nSPS) is 18.3. The molecule has 1 amide bonds. The zero-order valence-corrected chi connectivity index (χ0v) is 17.0. The van der Waals surface area contributed by atoms with E-state index in [1.807, 2.05) is 13.0 Å². The lowest BCUT2D eigenvalue weighted by Crippen LogP contribution is -2.40. The number of hydrogen-bond donors (Lipinski definition) is 1. The molecule has 1 fully saturated rings. The molecule has 4 heterocycles. The van der Waals surface area contributed by atoms with Crippen LogP contribution in [0, 0.1) is 0 Å². The average Bonchev–Trinajstić information content (AvgIpc) is 3.18. The first-order valence-electron chi connectivity index (χ1n) is 10.2. The second-order valence-electron chi connectivity index (χ2n) is 7.70. The molecule has 2 aliphatic heterocycles. The number of nitrogens with zero attached hydrogens (tertiary/aromatic N) is 6. The summed E-state index contributed by atoms with van der Waals surface area (Å²) in [7, 11) is 1.67. The zero-order valence-electron chi connectivity index (χ0n) is 17.0. The lowest BCUT2D eigenvalue weighted by Gasteiger charge is -2.27. The third-order valence-electron chi connectivity index (χ3n) is 5.84. The van der Waals surface area contributed by atoms with E-state index >= 15 is 0 Å². The first-order valence-corrected chi connectivity index (χ1v) is 10.2. The molecule has 2 aliphatic rings. The maximum absolute atomic E-state index is 13.6. The molecule has 0 bridgehead atoms. The van der Waals surface area contributed by atoms with Crippen LogP contribution in [0.1, 0.15) is 30.1 Å². The molecule has 1 saturated heterocycles. The predicted molar refractivity (Wildman–Crippen MR) is 115 cm³/mol. The fourth-order valence-electron chi connectivity index (χ4n) is 4.38. The maximum atomic E-state index is 13.6. The summed E-state index contributed by atoms with van der Waals surface area (Å²) in [5, 5.41) is 3.63. The van der Waals surface area contributed by atoms with E-state index in [4.69, 9.17) is 0 Å². The fraction of sp³-hybridized carbons (Fsp3) is 0.381. The zero-order chi connectivity index (χ0) is 20.8. The maximum Gasteiger partial charge on any atom is 0.263 e. The van der Waals surface area contributed by atoms with Crippen molar-refractivity contribution in [2.45, 2.75) is 25.8 Å². The van der Waals surface area contributed by atoms with Crippen LogP contribution in [0.25, 0.3) is 10.9 Å². The number of carbonyl (C=O) groups excluding carboxylic acids is 1. The molecule has 0 saturated carbocycles. The van der Waals surface area contributed by atoms with Gasteiger partial charge in [0.15, 0.2) is 0 Å². The molecule has 0 radical (unpaired) electrons. The standard InChI is InChI=1S/C21H23N7O2/c1-3-22-21-23-10-15-18(25-21)27-9-5-6-13(27)11-28(20(15)30)16-8-4-7-14-17(16)24-12-26(2)19(14)29/h4,7-8,10,12-13H,3,5-6,9,11H2,1-2H3,(H,22,23,25)/t13-/m0/s1. The molecule has 9 heteroatoms. The summed E-state index contributed by atoms with van der Waals surface area (Å²) in [5.74, 6) is 1.04. The van der Waals surface area contributed by atoms with E-state index < -0.39 is 0 Å². The Balaban J connectivity index is 1.68. The second kappa shape index (κ2) is 7.08. The monoisotopic (exact) mass is 405 g/mol. The molecule has 1 aromatic carbocycles. The fourth-order valence-corrected chi connectivity index (χ4v) is 4.38. The van der Waals surface area contributed by atoms with Crippen molar-refractivity contribution >= 4 is 34.3 Å². The number of benzene rings is 1. The van der Waals surface area contributed by atoms with Crippen LogP contribution in [0.4, 0.5) is 17.5 Å². The third-order valence-corrected chi connectivity index (χ3v) is 5.84. The molecule has 30 heavy (non-hydrogen) atoms. The molecule has 3 aromatic rings. The van der Waals surface area contributed by atoms with Gasteiger partial charge in [-0.05, 0) is 31.9 Å². The topological polar surface area (TPSA) is 96.2 Å². The van der Waals surface area contributed by atoms with Gasteiger partial charge in [-0.25, -0.2) is 9.97 Å². The lowest BCUT2D eigenvalue weighted by atomic mass is 10.1. The summed E-state index contributed by atoms with van der Waals surface area (Å²) >= 11 is 0. The van der Waals surface area contributed by atoms with Gasteiger partial charge in [0, 0.05) is 38.9 Å². The Morgan fingerprint density at radius 3 is 2.93 bits per heavy atom. The summed E-state index contributed by atoms with van der Waals surface area (Å²) in [5.41, 5.74) is 1.52. The van der Waals surface area contributed by atoms with Crippen LogP contribution in [0.15, 0.2) is 35.5 Å². The summed E-state index contributed by atoms with van der Waals surface area (Å²) in [4.78, 5) is 43.6. The van der Waals surface area contributed by atoms with Gasteiger partial charge in [0.1, 0.15) is 16.9 Å². The van der Waals surface area contributed by atoms with Gasteiger partial charge in [-0.15, -0.1) is 0 Å². The first kappa shape index (κ1) is 18.5. The highest BCUT2D eigenvalue weighted by Gasteiger charge is 2.38. The van der Waals surface area contributed by atoms with Gasteiger partial charge in [0.05, 0.1) is 17.4 Å². The molecule has 0 unspecified atom stereocenters. The highest BCUT2D eigenvalue weighted by Crippen LogP contribution is 2.35. The molecule has 0 aliphatic carbocycles. The van der Waals surface area contributed by atoms with Crippen molar-refractivity contribution in [1.29, 1.82) is 0 Å². The van der Waals surface area contributed by atoms with Crippen molar-refractivity contribution in [2.75, 3.05) is 34.8 Å². The third kappa shape index (κ3) is 2.80. The van der Waals surface area contributed by atoms with Crippen LogP contribution in [-0.4, -0.2) is 51.1 Å². The minimum atomic E-state index is -0.169. The van der Waals surface area contributed by atoms with Crippen molar-refractivity contribution in [2.24, 2.45) is 7.05 Å². The highest BCUT2D eigenvalue weighted by atomic mass is 16.2. The number of aryl methyl sites for hydroxylation is 1. The Labute approximate surface area is 173 Å². The predicted octanol–water partition coefficient (Wildman–Crippen LogP) is 1.78. The van der Waals surface area contributed by atoms with E-state index in [2.05, 4.69) is 25.2 Å². The second-order valence-corrected chi connectivity index (χ2v) is 7.70. The van der Waals surface area contributed by atoms with Gasteiger partial charge < -0.3 is 19.7 Å². The molecular weight excluding hydrogens is 382 g/mol. The minimum Gasteiger partial charge on any atom is -0.354 e. The van der Waals surface area contributed by atoms with Crippen molar-refractivity contribution in [3.63, 3.8) is 0 Å². The molecule has 1 N–H and O–H groups in total. The number of hydrogen-bond acceptors (Lipinski definition) is 7. The number of aromatic nitrogens is 4. The lowest BCUT2D eigenvalue weighted by molar-refractivity contribution is 0.0988. The number of nitrogens with one attached hydrogen (secondary N) is 1. The Hall–Kier alpha value is -3.49. The van der Waals surface area contributed by atoms with Crippen molar-refractivity contribution in [3.8, 4) is 0 Å². The van der Waals surface area contributed by atoms with Gasteiger partial charge in [-0.3, -0.25) is 9.59 Å². The van der Waals surface area contributed by atoms with Crippen LogP contribution >= 0.6 is 0 Å². The summed E-state index contributed by atoms with van der Waals surface area (Å²) in [6.45, 7) is 4.06. The highest BCUT2D eigenvalue weighted by molar-refractivity contribution is 6.13. The molecule has 1 atom stereocenters.